The molecule has 3 aromatic rings. The highest BCUT2D eigenvalue weighted by atomic mass is 35.5. The second-order valence-corrected chi connectivity index (χ2v) is 4.56. The smallest absolute Gasteiger partial charge is 0.121 e. The summed E-state index contributed by atoms with van der Waals surface area (Å²) in [7, 11) is 1.64. The summed E-state index contributed by atoms with van der Waals surface area (Å²) in [6.07, 6.45) is 0.855. The van der Waals surface area contributed by atoms with Gasteiger partial charge < -0.3 is 10.5 Å². The van der Waals surface area contributed by atoms with Gasteiger partial charge in [0.25, 0.3) is 0 Å². The molecule has 0 amide bonds. The Balaban J connectivity index is 0.00000161. The molecule has 6 heteroatoms. The van der Waals surface area contributed by atoms with Crippen molar-refractivity contribution in [3.05, 3.63) is 48.0 Å². The molecular formula is C15H17ClN4O. The lowest BCUT2D eigenvalue weighted by Gasteiger charge is -2.05. The van der Waals surface area contributed by atoms with E-state index in [1.54, 1.807) is 7.11 Å². The van der Waals surface area contributed by atoms with Gasteiger partial charge in [-0.15, -0.1) is 17.5 Å². The van der Waals surface area contributed by atoms with Gasteiger partial charge in [0.1, 0.15) is 11.3 Å². The van der Waals surface area contributed by atoms with Crippen LogP contribution in [-0.2, 0) is 6.42 Å². The molecule has 0 aliphatic rings. The first-order valence-electron chi connectivity index (χ1n) is 6.50. The van der Waals surface area contributed by atoms with Crippen LogP contribution in [-0.4, -0.2) is 28.6 Å². The molecule has 110 valence electrons. The van der Waals surface area contributed by atoms with Crippen LogP contribution in [0.1, 0.15) is 5.56 Å². The third-order valence-electron chi connectivity index (χ3n) is 3.24. The van der Waals surface area contributed by atoms with Gasteiger partial charge in [-0.1, -0.05) is 17.3 Å². The number of hydrogen-bond donors (Lipinski definition) is 1. The molecular weight excluding hydrogens is 288 g/mol. The second kappa shape index (κ2) is 6.56. The molecule has 2 N–H and O–H groups in total. The zero-order chi connectivity index (χ0) is 13.9. The number of aromatic nitrogens is 3. The lowest BCUT2D eigenvalue weighted by Crippen LogP contribution is -2.04. The van der Waals surface area contributed by atoms with Crippen molar-refractivity contribution >= 4 is 23.4 Å². The molecule has 0 saturated heterocycles. The summed E-state index contributed by atoms with van der Waals surface area (Å²) in [5, 5.41) is 8.41. The molecule has 21 heavy (non-hydrogen) atoms. The van der Waals surface area contributed by atoms with Gasteiger partial charge in [-0.25, -0.2) is 4.68 Å². The zero-order valence-corrected chi connectivity index (χ0v) is 12.5. The van der Waals surface area contributed by atoms with Crippen molar-refractivity contribution in [1.82, 2.24) is 15.0 Å². The molecule has 0 spiro atoms. The van der Waals surface area contributed by atoms with E-state index in [2.05, 4.69) is 22.4 Å². The first kappa shape index (κ1) is 15.3. The molecule has 3 rings (SSSR count). The monoisotopic (exact) mass is 304 g/mol. The number of methoxy groups -OCH3 is 1. The number of ether oxygens (including phenoxy) is 1. The van der Waals surface area contributed by atoms with E-state index in [0.29, 0.717) is 6.54 Å². The minimum absolute atomic E-state index is 0. The Kier molecular flexibility index (Phi) is 4.77. The summed E-state index contributed by atoms with van der Waals surface area (Å²) in [4.78, 5) is 0. The van der Waals surface area contributed by atoms with Crippen LogP contribution < -0.4 is 10.5 Å². The van der Waals surface area contributed by atoms with Gasteiger partial charge in [0.05, 0.1) is 18.3 Å². The highest BCUT2D eigenvalue weighted by molar-refractivity contribution is 5.85. The second-order valence-electron chi connectivity index (χ2n) is 4.56. The first-order chi connectivity index (χ1) is 9.81. The minimum Gasteiger partial charge on any atom is -0.497 e. The summed E-state index contributed by atoms with van der Waals surface area (Å²) < 4.78 is 7.03. The van der Waals surface area contributed by atoms with E-state index in [4.69, 9.17) is 10.5 Å². The summed E-state index contributed by atoms with van der Waals surface area (Å²) in [6.45, 7) is 0.638. The fourth-order valence-electron chi connectivity index (χ4n) is 2.23. The molecule has 0 bridgehead atoms. The van der Waals surface area contributed by atoms with Crippen LogP contribution >= 0.6 is 12.4 Å². The maximum Gasteiger partial charge on any atom is 0.121 e. The van der Waals surface area contributed by atoms with Crippen LogP contribution in [0, 0.1) is 0 Å². The molecule has 0 radical (unpaired) electrons. The van der Waals surface area contributed by atoms with E-state index in [9.17, 15) is 0 Å². The summed E-state index contributed by atoms with van der Waals surface area (Å²) in [5.41, 5.74) is 9.56. The highest BCUT2D eigenvalue weighted by Crippen LogP contribution is 2.21. The summed E-state index contributed by atoms with van der Waals surface area (Å²) in [5.74, 6) is 0.779. The number of benzene rings is 2. The van der Waals surface area contributed by atoms with E-state index >= 15 is 0 Å². The van der Waals surface area contributed by atoms with Crippen LogP contribution in [0.4, 0.5) is 0 Å². The van der Waals surface area contributed by atoms with Crippen LogP contribution in [0.25, 0.3) is 16.7 Å². The molecule has 0 fully saturated rings. The predicted octanol–water partition coefficient (Wildman–Crippen LogP) is 2.35. The van der Waals surface area contributed by atoms with E-state index < -0.39 is 0 Å². The van der Waals surface area contributed by atoms with Crippen molar-refractivity contribution in [2.24, 2.45) is 5.73 Å². The lowest BCUT2D eigenvalue weighted by atomic mass is 10.1. The molecule has 1 aromatic heterocycles. The fraction of sp³-hybridized carbons (Fsp3) is 0.200. The van der Waals surface area contributed by atoms with Crippen molar-refractivity contribution in [2.75, 3.05) is 13.7 Å². The summed E-state index contributed by atoms with van der Waals surface area (Å²) in [6, 6.07) is 13.9. The van der Waals surface area contributed by atoms with E-state index in [1.807, 2.05) is 35.0 Å². The fourth-order valence-corrected chi connectivity index (χ4v) is 2.23. The van der Waals surface area contributed by atoms with Crippen LogP contribution in [0.15, 0.2) is 42.5 Å². The van der Waals surface area contributed by atoms with Gasteiger partial charge in [-0.2, -0.15) is 0 Å². The molecule has 0 aliphatic carbocycles. The lowest BCUT2D eigenvalue weighted by molar-refractivity contribution is 0.415. The van der Waals surface area contributed by atoms with Crippen LogP contribution in [0.3, 0.4) is 0 Å². The number of hydrogen-bond acceptors (Lipinski definition) is 4. The van der Waals surface area contributed by atoms with Crippen LogP contribution in [0.2, 0.25) is 0 Å². The van der Waals surface area contributed by atoms with Crippen molar-refractivity contribution in [3.8, 4) is 11.4 Å². The van der Waals surface area contributed by atoms with Gasteiger partial charge >= 0.3 is 0 Å². The molecule has 0 aliphatic heterocycles. The minimum atomic E-state index is 0. The Morgan fingerprint density at radius 3 is 2.81 bits per heavy atom. The molecule has 2 aromatic carbocycles. The van der Waals surface area contributed by atoms with Crippen molar-refractivity contribution in [2.45, 2.75) is 6.42 Å². The Hall–Kier alpha value is -2.11. The van der Waals surface area contributed by atoms with Gasteiger partial charge in [0.15, 0.2) is 0 Å². The number of fused-ring (bicyclic) bond motifs is 1. The van der Waals surface area contributed by atoms with E-state index in [0.717, 1.165) is 28.9 Å². The highest BCUT2D eigenvalue weighted by Gasteiger charge is 2.08. The van der Waals surface area contributed by atoms with Crippen LogP contribution in [0.5, 0.6) is 5.75 Å². The standard InChI is InChI=1S/C15H16N4O.ClH/c1-20-13-5-6-15-14(10-13)17-18-19(15)12-4-2-3-11(9-12)7-8-16;/h2-6,9-10H,7-8,16H2,1H3;1H. The third kappa shape index (κ3) is 2.99. The molecule has 5 nitrogen and oxygen atoms in total. The van der Waals surface area contributed by atoms with Gasteiger partial charge in [-0.05, 0) is 42.8 Å². The quantitative estimate of drug-likeness (QED) is 0.803. The number of halogens is 1. The van der Waals surface area contributed by atoms with Gasteiger partial charge in [-0.3, -0.25) is 0 Å². The maximum absolute atomic E-state index is 5.60. The summed E-state index contributed by atoms with van der Waals surface area (Å²) >= 11 is 0. The normalized spacial score (nSPS) is 10.4. The van der Waals surface area contributed by atoms with Crippen molar-refractivity contribution in [1.29, 1.82) is 0 Å². The molecule has 0 saturated carbocycles. The topological polar surface area (TPSA) is 66.0 Å². The van der Waals surface area contributed by atoms with E-state index in [-0.39, 0.29) is 12.4 Å². The molecule has 0 unspecified atom stereocenters. The Morgan fingerprint density at radius 1 is 1.19 bits per heavy atom. The Bertz CT molecular complexity index is 741. The predicted molar refractivity (Wildman–Crippen MR) is 85.4 cm³/mol. The Labute approximate surface area is 129 Å². The zero-order valence-electron chi connectivity index (χ0n) is 11.7. The van der Waals surface area contributed by atoms with Crippen molar-refractivity contribution in [3.63, 3.8) is 0 Å². The average molecular weight is 305 g/mol. The number of nitrogens with two attached hydrogens (primary N) is 1. The number of rotatable bonds is 4. The number of nitrogens with zero attached hydrogens (tertiary/aromatic N) is 3. The third-order valence-corrected chi connectivity index (χ3v) is 3.24. The van der Waals surface area contributed by atoms with Gasteiger partial charge in [0.2, 0.25) is 0 Å². The SMILES string of the molecule is COc1ccc2c(c1)nnn2-c1cccc(CCN)c1.Cl. The molecule has 0 atom stereocenters. The van der Waals surface area contributed by atoms with Gasteiger partial charge in [0, 0.05) is 6.07 Å². The van der Waals surface area contributed by atoms with Crippen molar-refractivity contribution < 1.29 is 4.74 Å². The largest absolute Gasteiger partial charge is 0.497 e. The maximum atomic E-state index is 5.60. The first-order valence-corrected chi connectivity index (χ1v) is 6.50. The molecule has 1 heterocycles. The average Bonchev–Trinajstić information content (AvgIpc) is 2.90. The Morgan fingerprint density at radius 2 is 2.05 bits per heavy atom. The van der Waals surface area contributed by atoms with E-state index in [1.165, 1.54) is 5.56 Å².